The molecule has 0 spiro atoms. The van der Waals surface area contributed by atoms with E-state index in [1.165, 1.54) is 17.0 Å². The summed E-state index contributed by atoms with van der Waals surface area (Å²) in [6.07, 6.45) is 1.74. The largest absolute Gasteiger partial charge is 0.354 e. The molecule has 39 heavy (non-hydrogen) atoms. The molecule has 0 aliphatic heterocycles. The Labute approximate surface area is 244 Å². The van der Waals surface area contributed by atoms with Crippen molar-refractivity contribution in [1.82, 2.24) is 10.2 Å². The number of sulfonamides is 1. The van der Waals surface area contributed by atoms with E-state index in [1.54, 1.807) is 50.2 Å². The Hall–Kier alpha value is -2.88. The van der Waals surface area contributed by atoms with E-state index >= 15 is 0 Å². The number of benzene rings is 3. The summed E-state index contributed by atoms with van der Waals surface area (Å²) >= 11 is 9.60. The van der Waals surface area contributed by atoms with Crippen LogP contribution in [0.5, 0.6) is 0 Å². The number of unbranched alkanes of at least 4 members (excludes halogenated alkanes) is 1. The van der Waals surface area contributed by atoms with Gasteiger partial charge in [0.15, 0.2) is 0 Å². The van der Waals surface area contributed by atoms with E-state index in [1.807, 2.05) is 31.2 Å². The fraction of sp³-hybridized carbons (Fsp3) is 0.310. The van der Waals surface area contributed by atoms with Crippen LogP contribution < -0.4 is 9.62 Å². The van der Waals surface area contributed by atoms with Gasteiger partial charge in [-0.15, -0.1) is 0 Å². The van der Waals surface area contributed by atoms with Gasteiger partial charge in [-0.2, -0.15) is 0 Å². The number of carbonyl (C=O) groups is 2. The fourth-order valence-electron chi connectivity index (χ4n) is 4.08. The summed E-state index contributed by atoms with van der Waals surface area (Å²) in [6.45, 7) is 5.54. The molecule has 0 aliphatic rings. The zero-order chi connectivity index (χ0) is 28.6. The van der Waals surface area contributed by atoms with Crippen LogP contribution in [0.1, 0.15) is 37.8 Å². The monoisotopic (exact) mass is 633 g/mol. The van der Waals surface area contributed by atoms with Crippen LogP contribution in [0.15, 0.2) is 82.2 Å². The van der Waals surface area contributed by atoms with Crippen LogP contribution >= 0.6 is 27.5 Å². The highest BCUT2D eigenvalue weighted by Gasteiger charge is 2.33. The number of rotatable bonds is 12. The van der Waals surface area contributed by atoms with Crippen LogP contribution in [0, 0.1) is 6.92 Å². The van der Waals surface area contributed by atoms with E-state index in [0.29, 0.717) is 22.8 Å². The lowest BCUT2D eigenvalue weighted by Gasteiger charge is -2.32. The second-order valence-electron chi connectivity index (χ2n) is 9.23. The fourth-order valence-corrected chi connectivity index (χ4v) is 6.26. The van der Waals surface area contributed by atoms with E-state index in [-0.39, 0.29) is 17.3 Å². The molecule has 0 heterocycles. The smallest absolute Gasteiger partial charge is 0.264 e. The molecule has 1 atom stereocenters. The molecule has 0 aliphatic carbocycles. The second-order valence-corrected chi connectivity index (χ2v) is 12.4. The standard InChI is InChI=1S/C29H33BrClN3O4S/c1-4-5-16-32-29(36)22(3)33(19-23-10-9-11-24(30)18-23)28(35)20-34(27-15-14-25(31)17-21(27)2)39(37,38)26-12-7-6-8-13-26/h6-15,17-18,22H,4-5,16,19-20H2,1-3H3,(H,32,36)/t22-/m1/s1. The van der Waals surface area contributed by atoms with Crippen molar-refractivity contribution in [3.8, 4) is 0 Å². The van der Waals surface area contributed by atoms with Gasteiger partial charge in [-0.3, -0.25) is 13.9 Å². The van der Waals surface area contributed by atoms with E-state index in [4.69, 9.17) is 11.6 Å². The molecular formula is C29H33BrClN3O4S. The van der Waals surface area contributed by atoms with Crippen LogP contribution in [0.3, 0.4) is 0 Å². The summed E-state index contributed by atoms with van der Waals surface area (Å²) in [4.78, 5) is 28.4. The molecule has 3 aromatic carbocycles. The third-order valence-electron chi connectivity index (χ3n) is 6.28. The van der Waals surface area contributed by atoms with Crippen LogP contribution in [0.25, 0.3) is 0 Å². The molecule has 0 aromatic heterocycles. The maximum atomic E-state index is 14.0. The average molecular weight is 635 g/mol. The van der Waals surface area contributed by atoms with Crippen LogP contribution in [0.4, 0.5) is 5.69 Å². The topological polar surface area (TPSA) is 86.8 Å². The van der Waals surface area contributed by atoms with E-state index in [0.717, 1.165) is 27.2 Å². The predicted molar refractivity (Wildman–Crippen MR) is 159 cm³/mol. The third kappa shape index (κ3) is 8.06. The van der Waals surface area contributed by atoms with Crippen molar-refractivity contribution in [2.24, 2.45) is 0 Å². The van der Waals surface area contributed by atoms with Crippen LogP contribution in [-0.4, -0.2) is 44.3 Å². The van der Waals surface area contributed by atoms with Crippen molar-refractivity contribution >= 4 is 55.1 Å². The highest BCUT2D eigenvalue weighted by molar-refractivity contribution is 9.10. The van der Waals surface area contributed by atoms with Crippen molar-refractivity contribution in [3.63, 3.8) is 0 Å². The van der Waals surface area contributed by atoms with Gasteiger partial charge < -0.3 is 10.2 Å². The number of carbonyl (C=O) groups excluding carboxylic acids is 2. The van der Waals surface area contributed by atoms with Crippen LogP contribution in [-0.2, 0) is 26.2 Å². The molecular weight excluding hydrogens is 602 g/mol. The Kier molecular flexibility index (Phi) is 11.0. The summed E-state index contributed by atoms with van der Waals surface area (Å²) in [5.74, 6) is -0.811. The van der Waals surface area contributed by atoms with Gasteiger partial charge in [0.25, 0.3) is 10.0 Å². The molecule has 0 saturated heterocycles. The lowest BCUT2D eigenvalue weighted by molar-refractivity contribution is -0.139. The SMILES string of the molecule is CCCCNC(=O)[C@@H](C)N(Cc1cccc(Br)c1)C(=O)CN(c1ccc(Cl)cc1C)S(=O)(=O)c1ccccc1. The normalized spacial score (nSPS) is 12.0. The first-order chi connectivity index (χ1) is 18.5. The molecule has 0 fully saturated rings. The molecule has 1 N–H and O–H groups in total. The minimum Gasteiger partial charge on any atom is -0.354 e. The number of hydrogen-bond donors (Lipinski definition) is 1. The first kappa shape index (κ1) is 30.7. The summed E-state index contributed by atoms with van der Waals surface area (Å²) in [5.41, 5.74) is 1.73. The summed E-state index contributed by atoms with van der Waals surface area (Å²) in [7, 11) is -4.13. The molecule has 10 heteroatoms. The van der Waals surface area contributed by atoms with E-state index in [9.17, 15) is 18.0 Å². The number of halogens is 2. The molecule has 7 nitrogen and oxygen atoms in total. The van der Waals surface area contributed by atoms with Crippen LogP contribution in [0.2, 0.25) is 5.02 Å². The summed E-state index contributed by atoms with van der Waals surface area (Å²) in [5, 5.41) is 3.34. The molecule has 3 aromatic rings. The maximum absolute atomic E-state index is 14.0. The highest BCUT2D eigenvalue weighted by Crippen LogP contribution is 2.29. The molecule has 3 rings (SSSR count). The summed E-state index contributed by atoms with van der Waals surface area (Å²) < 4.78 is 29.6. The molecule has 0 radical (unpaired) electrons. The maximum Gasteiger partial charge on any atom is 0.264 e. The number of anilines is 1. The Balaban J connectivity index is 2.02. The lowest BCUT2D eigenvalue weighted by Crippen LogP contribution is -2.51. The highest BCUT2D eigenvalue weighted by atomic mass is 79.9. The Morgan fingerprint density at radius 3 is 2.38 bits per heavy atom. The van der Waals surface area contributed by atoms with Gasteiger partial charge in [-0.25, -0.2) is 8.42 Å². The molecule has 0 bridgehead atoms. The van der Waals surface area contributed by atoms with Gasteiger partial charge in [0.05, 0.1) is 10.6 Å². The van der Waals surface area contributed by atoms with E-state index < -0.39 is 28.5 Å². The van der Waals surface area contributed by atoms with Crippen molar-refractivity contribution in [2.45, 2.75) is 51.1 Å². The van der Waals surface area contributed by atoms with Gasteiger partial charge in [-0.05, 0) is 73.9 Å². The zero-order valence-electron chi connectivity index (χ0n) is 22.2. The predicted octanol–water partition coefficient (Wildman–Crippen LogP) is 5.94. The van der Waals surface area contributed by atoms with Crippen molar-refractivity contribution < 1.29 is 18.0 Å². The van der Waals surface area contributed by atoms with Gasteiger partial charge in [0, 0.05) is 22.6 Å². The minimum atomic E-state index is -4.13. The quantitative estimate of drug-likeness (QED) is 0.250. The van der Waals surface area contributed by atoms with Gasteiger partial charge in [-0.1, -0.05) is 71.2 Å². The average Bonchev–Trinajstić information content (AvgIpc) is 2.91. The summed E-state index contributed by atoms with van der Waals surface area (Å²) in [6, 6.07) is 19.4. The number of nitrogens with zero attached hydrogens (tertiary/aromatic N) is 2. The third-order valence-corrected chi connectivity index (χ3v) is 8.78. The Bertz CT molecular complexity index is 1400. The van der Waals surface area contributed by atoms with Crippen molar-refractivity contribution in [1.29, 1.82) is 0 Å². The molecule has 2 amide bonds. The van der Waals surface area contributed by atoms with Crippen molar-refractivity contribution in [3.05, 3.63) is 93.4 Å². The Morgan fingerprint density at radius 2 is 1.74 bits per heavy atom. The number of nitrogens with one attached hydrogen (secondary N) is 1. The number of aryl methyl sites for hydroxylation is 1. The molecule has 208 valence electrons. The molecule has 0 unspecified atom stereocenters. The Morgan fingerprint density at radius 1 is 1.03 bits per heavy atom. The zero-order valence-corrected chi connectivity index (χ0v) is 25.4. The first-order valence-corrected chi connectivity index (χ1v) is 15.3. The van der Waals surface area contributed by atoms with E-state index in [2.05, 4.69) is 21.2 Å². The first-order valence-electron chi connectivity index (χ1n) is 12.7. The molecule has 0 saturated carbocycles. The minimum absolute atomic E-state index is 0.0519. The number of hydrogen-bond acceptors (Lipinski definition) is 4. The van der Waals surface area contributed by atoms with Gasteiger partial charge in [0.1, 0.15) is 12.6 Å². The second kappa shape index (κ2) is 14.0. The van der Waals surface area contributed by atoms with Crippen molar-refractivity contribution in [2.75, 3.05) is 17.4 Å². The lowest BCUT2D eigenvalue weighted by atomic mass is 10.1. The van der Waals surface area contributed by atoms with Gasteiger partial charge in [0.2, 0.25) is 11.8 Å². The number of amides is 2. The van der Waals surface area contributed by atoms with Gasteiger partial charge >= 0.3 is 0 Å².